The van der Waals surface area contributed by atoms with Gasteiger partial charge in [-0.1, -0.05) is 6.07 Å². The third-order valence-electron chi connectivity index (χ3n) is 5.58. The van der Waals surface area contributed by atoms with Crippen molar-refractivity contribution in [2.75, 3.05) is 36.4 Å². The van der Waals surface area contributed by atoms with Crippen LogP contribution in [-0.2, 0) is 0 Å². The van der Waals surface area contributed by atoms with Crippen LogP contribution >= 0.6 is 0 Å². The molecule has 1 amide bonds. The minimum Gasteiger partial charge on any atom is -0.465 e. The van der Waals surface area contributed by atoms with Gasteiger partial charge in [0.15, 0.2) is 5.82 Å². The standard InChI is InChI=1S/C23H19F2N7O2/c24-17-11-15(10-14-2-1-5-26-20(14)17)21-18(25)13-28-22(30-21)29-19-4-3-16(12-27-19)31-6-8-32(9-7-31)23(33)34/h1-5,10-13H,6-9H2,(H,33,34)(H,27,28,29,30). The second kappa shape index (κ2) is 8.85. The first-order valence-corrected chi connectivity index (χ1v) is 10.5. The molecular formula is C23H19F2N7O2. The minimum absolute atomic E-state index is 0.0462. The molecule has 0 aliphatic carbocycles. The maximum Gasteiger partial charge on any atom is 0.407 e. The monoisotopic (exact) mass is 463 g/mol. The number of hydrogen-bond donors (Lipinski definition) is 2. The topological polar surface area (TPSA) is 107 Å². The molecule has 1 aromatic carbocycles. The van der Waals surface area contributed by atoms with Gasteiger partial charge < -0.3 is 20.2 Å². The normalized spacial score (nSPS) is 13.8. The lowest BCUT2D eigenvalue weighted by Crippen LogP contribution is -2.48. The number of benzene rings is 1. The van der Waals surface area contributed by atoms with E-state index in [-0.39, 0.29) is 22.7 Å². The van der Waals surface area contributed by atoms with Crippen molar-refractivity contribution in [2.24, 2.45) is 0 Å². The number of nitrogens with zero attached hydrogens (tertiary/aromatic N) is 6. The van der Waals surface area contributed by atoms with Crippen molar-refractivity contribution in [3.8, 4) is 11.3 Å². The van der Waals surface area contributed by atoms with E-state index in [0.29, 0.717) is 37.4 Å². The van der Waals surface area contributed by atoms with E-state index in [1.165, 1.54) is 17.2 Å². The summed E-state index contributed by atoms with van der Waals surface area (Å²) >= 11 is 0. The van der Waals surface area contributed by atoms with Crippen LogP contribution in [0, 0.1) is 11.6 Å². The molecule has 2 N–H and O–H groups in total. The first kappa shape index (κ1) is 21.4. The number of rotatable bonds is 4. The zero-order valence-electron chi connectivity index (χ0n) is 17.8. The SMILES string of the molecule is O=C(O)N1CCN(c2ccc(Nc3ncc(F)c(-c4cc(F)c5ncccc5c4)n3)nc2)CC1. The van der Waals surface area contributed by atoms with Crippen LogP contribution in [-0.4, -0.2) is 62.2 Å². The lowest BCUT2D eigenvalue weighted by molar-refractivity contribution is 0.142. The number of nitrogens with one attached hydrogen (secondary N) is 1. The number of anilines is 3. The van der Waals surface area contributed by atoms with Crippen molar-refractivity contribution in [1.29, 1.82) is 0 Å². The highest BCUT2D eigenvalue weighted by atomic mass is 19.1. The predicted molar refractivity (Wildman–Crippen MR) is 122 cm³/mol. The smallest absolute Gasteiger partial charge is 0.407 e. The van der Waals surface area contributed by atoms with E-state index in [4.69, 9.17) is 5.11 Å². The minimum atomic E-state index is -0.918. The number of aromatic nitrogens is 4. The summed E-state index contributed by atoms with van der Waals surface area (Å²) in [5, 5.41) is 12.5. The van der Waals surface area contributed by atoms with Crippen molar-refractivity contribution in [3.63, 3.8) is 0 Å². The molecule has 1 fully saturated rings. The van der Waals surface area contributed by atoms with Gasteiger partial charge in [0, 0.05) is 43.3 Å². The maximum absolute atomic E-state index is 14.5. The zero-order chi connectivity index (χ0) is 23.7. The molecule has 5 rings (SSSR count). The molecule has 4 aromatic rings. The number of amides is 1. The summed E-state index contributed by atoms with van der Waals surface area (Å²) in [5.41, 5.74) is 1.28. The van der Waals surface area contributed by atoms with E-state index >= 15 is 0 Å². The Bertz CT molecular complexity index is 1360. The maximum atomic E-state index is 14.5. The molecule has 34 heavy (non-hydrogen) atoms. The number of fused-ring (bicyclic) bond motifs is 1. The van der Waals surface area contributed by atoms with Crippen molar-refractivity contribution in [3.05, 3.63) is 66.6 Å². The molecule has 3 aromatic heterocycles. The van der Waals surface area contributed by atoms with Gasteiger partial charge in [-0.3, -0.25) is 4.98 Å². The third kappa shape index (κ3) is 4.27. The molecular weight excluding hydrogens is 444 g/mol. The van der Waals surface area contributed by atoms with E-state index in [1.54, 1.807) is 30.5 Å². The van der Waals surface area contributed by atoms with Gasteiger partial charge in [0.05, 0.1) is 18.1 Å². The molecule has 1 aliphatic rings. The van der Waals surface area contributed by atoms with Crippen LogP contribution < -0.4 is 10.2 Å². The van der Waals surface area contributed by atoms with Crippen LogP contribution in [0.2, 0.25) is 0 Å². The number of pyridine rings is 2. The highest BCUT2D eigenvalue weighted by Gasteiger charge is 2.20. The molecule has 11 heteroatoms. The van der Waals surface area contributed by atoms with E-state index in [2.05, 4.69) is 25.3 Å². The summed E-state index contributed by atoms with van der Waals surface area (Å²) < 4.78 is 29.0. The van der Waals surface area contributed by atoms with Crippen molar-refractivity contribution in [2.45, 2.75) is 0 Å². The Morgan fingerprint density at radius 3 is 2.53 bits per heavy atom. The summed E-state index contributed by atoms with van der Waals surface area (Å²) in [5.74, 6) is -0.697. The van der Waals surface area contributed by atoms with E-state index < -0.39 is 17.7 Å². The Labute approximate surface area is 192 Å². The largest absolute Gasteiger partial charge is 0.465 e. The predicted octanol–water partition coefficient (Wildman–Crippen LogP) is 3.91. The first-order valence-electron chi connectivity index (χ1n) is 10.5. The van der Waals surface area contributed by atoms with Crippen LogP contribution in [0.15, 0.2) is 55.0 Å². The Hall–Kier alpha value is -4.41. The second-order valence-corrected chi connectivity index (χ2v) is 7.71. The van der Waals surface area contributed by atoms with Gasteiger partial charge >= 0.3 is 6.09 Å². The Morgan fingerprint density at radius 1 is 0.971 bits per heavy atom. The van der Waals surface area contributed by atoms with Gasteiger partial charge in [-0.05, 0) is 30.3 Å². The molecule has 4 heterocycles. The van der Waals surface area contributed by atoms with Gasteiger partial charge in [0.2, 0.25) is 5.95 Å². The molecule has 9 nitrogen and oxygen atoms in total. The van der Waals surface area contributed by atoms with E-state index in [9.17, 15) is 13.6 Å². The fourth-order valence-electron chi connectivity index (χ4n) is 3.83. The van der Waals surface area contributed by atoms with Gasteiger partial charge in [0.1, 0.15) is 22.8 Å². The molecule has 1 aliphatic heterocycles. The first-order chi connectivity index (χ1) is 16.5. The molecule has 0 atom stereocenters. The fraction of sp³-hybridized carbons (Fsp3) is 0.174. The Morgan fingerprint density at radius 2 is 1.79 bits per heavy atom. The lowest BCUT2D eigenvalue weighted by Gasteiger charge is -2.34. The number of piperazine rings is 1. The number of carbonyl (C=O) groups is 1. The summed E-state index contributed by atoms with van der Waals surface area (Å²) in [6.45, 7) is 1.99. The summed E-state index contributed by atoms with van der Waals surface area (Å²) in [6, 6.07) is 9.77. The van der Waals surface area contributed by atoms with Crippen LogP contribution in [0.25, 0.3) is 22.2 Å². The number of halogens is 2. The van der Waals surface area contributed by atoms with Crippen molar-refractivity contribution < 1.29 is 18.7 Å². The van der Waals surface area contributed by atoms with E-state index in [0.717, 1.165) is 11.9 Å². The molecule has 0 saturated carbocycles. The Kier molecular flexibility index (Phi) is 5.58. The molecule has 172 valence electrons. The van der Waals surface area contributed by atoms with E-state index in [1.807, 2.05) is 11.0 Å². The van der Waals surface area contributed by atoms with Crippen LogP contribution in [0.3, 0.4) is 0 Å². The summed E-state index contributed by atoms with van der Waals surface area (Å²) in [6.07, 6.45) is 3.26. The molecule has 0 radical (unpaired) electrons. The zero-order valence-corrected chi connectivity index (χ0v) is 17.8. The average Bonchev–Trinajstić information content (AvgIpc) is 2.86. The Balaban J connectivity index is 1.34. The number of carboxylic acid groups (broad SMARTS) is 1. The highest BCUT2D eigenvalue weighted by molar-refractivity contribution is 5.84. The molecule has 1 saturated heterocycles. The summed E-state index contributed by atoms with van der Waals surface area (Å²) in [4.78, 5) is 31.0. The van der Waals surface area contributed by atoms with Gasteiger partial charge in [0.25, 0.3) is 0 Å². The van der Waals surface area contributed by atoms with Gasteiger partial charge in [-0.2, -0.15) is 0 Å². The molecule has 0 unspecified atom stereocenters. The number of hydrogen-bond acceptors (Lipinski definition) is 7. The van der Waals surface area contributed by atoms with Crippen molar-refractivity contribution >= 4 is 34.4 Å². The lowest BCUT2D eigenvalue weighted by atomic mass is 10.1. The third-order valence-corrected chi connectivity index (χ3v) is 5.58. The van der Waals surface area contributed by atoms with Crippen LogP contribution in [0.4, 0.5) is 31.0 Å². The second-order valence-electron chi connectivity index (χ2n) is 7.71. The highest BCUT2D eigenvalue weighted by Crippen LogP contribution is 2.27. The van der Waals surface area contributed by atoms with Gasteiger partial charge in [-0.15, -0.1) is 0 Å². The molecule has 0 bridgehead atoms. The van der Waals surface area contributed by atoms with Crippen LogP contribution in [0.1, 0.15) is 0 Å². The van der Waals surface area contributed by atoms with Crippen LogP contribution in [0.5, 0.6) is 0 Å². The fourth-order valence-corrected chi connectivity index (χ4v) is 3.83. The summed E-state index contributed by atoms with van der Waals surface area (Å²) in [7, 11) is 0. The average molecular weight is 463 g/mol. The van der Waals surface area contributed by atoms with Crippen molar-refractivity contribution in [1.82, 2.24) is 24.8 Å². The van der Waals surface area contributed by atoms with Gasteiger partial charge in [-0.25, -0.2) is 28.5 Å². The quantitative estimate of drug-likeness (QED) is 0.469. The molecule has 0 spiro atoms.